The molecule has 64 valence electrons. The minimum Gasteiger partial charge on any atom is -0.392 e. The molecule has 0 saturated heterocycles. The van der Waals surface area contributed by atoms with Gasteiger partial charge in [0, 0.05) is 5.69 Å². The standard InChI is InChI=1S/C8H9FN2S/c9-6-2-1-3-7(4-6)11-5-8(10)12/h1-4,11H,5H2,(H2,10,12). The lowest BCUT2D eigenvalue weighted by atomic mass is 10.3. The van der Waals surface area contributed by atoms with E-state index in [1.165, 1.54) is 12.1 Å². The fourth-order valence-corrected chi connectivity index (χ4v) is 0.860. The predicted molar refractivity (Wildman–Crippen MR) is 51.7 cm³/mol. The average molecular weight is 184 g/mol. The van der Waals surface area contributed by atoms with Crippen molar-refractivity contribution >= 4 is 22.9 Å². The molecule has 0 spiro atoms. The van der Waals surface area contributed by atoms with Crippen molar-refractivity contribution in [2.45, 2.75) is 0 Å². The molecule has 2 nitrogen and oxygen atoms in total. The maximum Gasteiger partial charge on any atom is 0.125 e. The van der Waals surface area contributed by atoms with E-state index in [1.54, 1.807) is 12.1 Å². The zero-order chi connectivity index (χ0) is 8.97. The lowest BCUT2D eigenvalue weighted by Gasteiger charge is -2.03. The molecule has 12 heavy (non-hydrogen) atoms. The fourth-order valence-electron chi connectivity index (χ4n) is 0.788. The molecule has 0 aromatic heterocycles. The van der Waals surface area contributed by atoms with E-state index >= 15 is 0 Å². The first-order valence-electron chi connectivity index (χ1n) is 3.46. The molecule has 0 fully saturated rings. The number of hydrogen-bond donors (Lipinski definition) is 2. The predicted octanol–water partition coefficient (Wildman–Crippen LogP) is 1.52. The smallest absolute Gasteiger partial charge is 0.125 e. The van der Waals surface area contributed by atoms with Gasteiger partial charge in [-0.05, 0) is 18.2 Å². The van der Waals surface area contributed by atoms with E-state index in [-0.39, 0.29) is 5.82 Å². The van der Waals surface area contributed by atoms with Gasteiger partial charge in [-0.25, -0.2) is 4.39 Å². The van der Waals surface area contributed by atoms with Crippen LogP contribution in [0, 0.1) is 5.82 Å². The van der Waals surface area contributed by atoms with E-state index in [2.05, 4.69) is 17.5 Å². The summed E-state index contributed by atoms with van der Waals surface area (Å²) in [5.74, 6) is -0.275. The van der Waals surface area contributed by atoms with E-state index < -0.39 is 0 Å². The maximum absolute atomic E-state index is 12.6. The van der Waals surface area contributed by atoms with Gasteiger partial charge in [0.1, 0.15) is 5.82 Å². The van der Waals surface area contributed by atoms with Crippen molar-refractivity contribution in [2.75, 3.05) is 11.9 Å². The Balaban J connectivity index is 2.57. The van der Waals surface area contributed by atoms with Crippen molar-refractivity contribution in [2.24, 2.45) is 5.73 Å². The topological polar surface area (TPSA) is 38.0 Å². The molecule has 0 heterocycles. The maximum atomic E-state index is 12.6. The Hall–Kier alpha value is -1.16. The van der Waals surface area contributed by atoms with Gasteiger partial charge in [0.25, 0.3) is 0 Å². The molecule has 0 bridgehead atoms. The number of nitrogens with two attached hydrogens (primary N) is 1. The van der Waals surface area contributed by atoms with Crippen molar-refractivity contribution in [3.05, 3.63) is 30.1 Å². The zero-order valence-corrected chi connectivity index (χ0v) is 7.20. The lowest BCUT2D eigenvalue weighted by molar-refractivity contribution is 0.628. The molecular weight excluding hydrogens is 175 g/mol. The quantitative estimate of drug-likeness (QED) is 0.699. The molecule has 1 aromatic carbocycles. The van der Waals surface area contributed by atoms with Crippen LogP contribution in [0.2, 0.25) is 0 Å². The highest BCUT2D eigenvalue weighted by molar-refractivity contribution is 7.80. The highest BCUT2D eigenvalue weighted by Gasteiger charge is 1.93. The van der Waals surface area contributed by atoms with Crippen LogP contribution in [0.3, 0.4) is 0 Å². The summed E-state index contributed by atoms with van der Waals surface area (Å²) in [6, 6.07) is 6.14. The van der Waals surface area contributed by atoms with Crippen LogP contribution < -0.4 is 11.1 Å². The number of thiocarbonyl (C=S) groups is 1. The molecule has 0 aliphatic carbocycles. The van der Waals surface area contributed by atoms with Crippen molar-refractivity contribution in [3.63, 3.8) is 0 Å². The van der Waals surface area contributed by atoms with Gasteiger partial charge in [-0.1, -0.05) is 18.3 Å². The number of anilines is 1. The van der Waals surface area contributed by atoms with Crippen LogP contribution in [0.25, 0.3) is 0 Å². The minimum atomic E-state index is -0.275. The monoisotopic (exact) mass is 184 g/mol. The van der Waals surface area contributed by atoms with Gasteiger partial charge in [0.05, 0.1) is 11.5 Å². The van der Waals surface area contributed by atoms with E-state index in [1.807, 2.05) is 0 Å². The van der Waals surface area contributed by atoms with E-state index in [4.69, 9.17) is 5.73 Å². The van der Waals surface area contributed by atoms with Crippen molar-refractivity contribution in [3.8, 4) is 0 Å². The Morgan fingerprint density at radius 1 is 1.58 bits per heavy atom. The van der Waals surface area contributed by atoms with E-state index in [9.17, 15) is 4.39 Å². The van der Waals surface area contributed by atoms with Gasteiger partial charge in [0.15, 0.2) is 0 Å². The SMILES string of the molecule is NC(=S)CNc1cccc(F)c1. The molecule has 0 atom stereocenters. The minimum absolute atomic E-state index is 0.275. The molecular formula is C8H9FN2S. The van der Waals surface area contributed by atoms with Crippen molar-refractivity contribution < 1.29 is 4.39 Å². The first-order valence-corrected chi connectivity index (χ1v) is 3.87. The molecule has 1 rings (SSSR count). The number of rotatable bonds is 3. The summed E-state index contributed by atoms with van der Waals surface area (Å²) in [5, 5.41) is 2.88. The Morgan fingerprint density at radius 3 is 2.92 bits per heavy atom. The fraction of sp³-hybridized carbons (Fsp3) is 0.125. The van der Waals surface area contributed by atoms with Crippen LogP contribution >= 0.6 is 12.2 Å². The second kappa shape index (κ2) is 4.01. The number of benzene rings is 1. The zero-order valence-electron chi connectivity index (χ0n) is 6.38. The molecule has 0 radical (unpaired) electrons. The molecule has 0 unspecified atom stereocenters. The number of halogens is 1. The Labute approximate surface area is 75.6 Å². The second-order valence-electron chi connectivity index (χ2n) is 2.33. The van der Waals surface area contributed by atoms with Crippen LogP contribution in [0.5, 0.6) is 0 Å². The molecule has 4 heteroatoms. The van der Waals surface area contributed by atoms with Crippen molar-refractivity contribution in [1.29, 1.82) is 0 Å². The van der Waals surface area contributed by atoms with Crippen LogP contribution in [0.4, 0.5) is 10.1 Å². The van der Waals surface area contributed by atoms with Crippen LogP contribution in [0.1, 0.15) is 0 Å². The van der Waals surface area contributed by atoms with Gasteiger partial charge < -0.3 is 11.1 Å². The third-order valence-corrected chi connectivity index (χ3v) is 1.44. The summed E-state index contributed by atoms with van der Waals surface area (Å²) in [4.78, 5) is 0.360. The van der Waals surface area contributed by atoms with Crippen LogP contribution in [-0.4, -0.2) is 11.5 Å². The summed E-state index contributed by atoms with van der Waals surface area (Å²) >= 11 is 4.65. The van der Waals surface area contributed by atoms with Crippen LogP contribution in [0.15, 0.2) is 24.3 Å². The Bertz CT molecular complexity index is 288. The Kier molecular flexibility index (Phi) is 2.99. The van der Waals surface area contributed by atoms with Gasteiger partial charge in [-0.3, -0.25) is 0 Å². The molecule has 0 aliphatic rings. The third kappa shape index (κ3) is 2.84. The van der Waals surface area contributed by atoms with E-state index in [0.717, 1.165) is 0 Å². The van der Waals surface area contributed by atoms with Gasteiger partial charge >= 0.3 is 0 Å². The van der Waals surface area contributed by atoms with Gasteiger partial charge in [0.2, 0.25) is 0 Å². The number of hydrogen-bond acceptors (Lipinski definition) is 2. The summed E-state index contributed by atoms with van der Waals surface area (Å²) in [6.07, 6.45) is 0. The van der Waals surface area contributed by atoms with Crippen LogP contribution in [-0.2, 0) is 0 Å². The van der Waals surface area contributed by atoms with E-state index in [0.29, 0.717) is 17.2 Å². The largest absolute Gasteiger partial charge is 0.392 e. The molecule has 0 amide bonds. The molecule has 3 N–H and O–H groups in total. The average Bonchev–Trinajstić information content (AvgIpc) is 2.01. The first kappa shape index (κ1) is 8.93. The molecule has 0 saturated carbocycles. The Morgan fingerprint density at radius 2 is 2.33 bits per heavy atom. The summed E-state index contributed by atoms with van der Waals surface area (Å²) in [7, 11) is 0. The van der Waals surface area contributed by atoms with Gasteiger partial charge in [-0.15, -0.1) is 0 Å². The van der Waals surface area contributed by atoms with Crippen molar-refractivity contribution in [1.82, 2.24) is 0 Å². The molecule has 1 aromatic rings. The van der Waals surface area contributed by atoms with Gasteiger partial charge in [-0.2, -0.15) is 0 Å². The highest BCUT2D eigenvalue weighted by atomic mass is 32.1. The summed E-state index contributed by atoms with van der Waals surface area (Å²) < 4.78 is 12.6. The first-order chi connectivity index (χ1) is 5.68. The summed E-state index contributed by atoms with van der Waals surface area (Å²) in [6.45, 7) is 0.388. The summed E-state index contributed by atoms with van der Waals surface area (Å²) in [5.41, 5.74) is 5.94. The second-order valence-corrected chi connectivity index (χ2v) is 2.85. The highest BCUT2D eigenvalue weighted by Crippen LogP contribution is 2.07. The lowest BCUT2D eigenvalue weighted by Crippen LogP contribution is -2.19. The normalized spacial score (nSPS) is 9.42. The third-order valence-electron chi connectivity index (χ3n) is 1.29. The molecule has 0 aliphatic heterocycles. The number of nitrogens with one attached hydrogen (secondary N) is 1.